The molecule has 0 amide bonds. The van der Waals surface area contributed by atoms with E-state index in [1.165, 1.54) is 17.9 Å². The van der Waals surface area contributed by atoms with Crippen LogP contribution in [0.4, 0.5) is 11.6 Å². The maximum Gasteiger partial charge on any atom is 0.151 e. The number of thioether (sulfide) groups is 1. The molecule has 1 unspecified atom stereocenters. The van der Waals surface area contributed by atoms with Crippen molar-refractivity contribution in [2.45, 2.75) is 12.5 Å². The first-order chi connectivity index (χ1) is 6.77. The van der Waals surface area contributed by atoms with Gasteiger partial charge in [-0.3, -0.25) is 0 Å². The van der Waals surface area contributed by atoms with Crippen molar-refractivity contribution in [3.8, 4) is 0 Å². The van der Waals surface area contributed by atoms with Gasteiger partial charge in [-0.05, 0) is 24.3 Å². The lowest BCUT2D eigenvalue weighted by Crippen LogP contribution is -2.32. The molecule has 4 nitrogen and oxygen atoms in total. The summed E-state index contributed by atoms with van der Waals surface area (Å²) in [4.78, 5) is 2.19. The van der Waals surface area contributed by atoms with Gasteiger partial charge >= 0.3 is 0 Å². The molecule has 1 aromatic heterocycles. The number of nitrogens with two attached hydrogens (primary N) is 1. The molecule has 1 aromatic rings. The SMILES string of the molecule is CN(c1ccc(N)nn1)C1CCSC1. The molecule has 76 valence electrons. The molecule has 1 aliphatic heterocycles. The lowest BCUT2D eigenvalue weighted by molar-refractivity contribution is 0.686. The minimum absolute atomic E-state index is 0.475. The zero-order chi connectivity index (χ0) is 9.97. The van der Waals surface area contributed by atoms with E-state index in [-0.39, 0.29) is 0 Å². The van der Waals surface area contributed by atoms with Gasteiger partial charge in [-0.25, -0.2) is 0 Å². The van der Waals surface area contributed by atoms with Crippen molar-refractivity contribution >= 4 is 23.4 Å². The van der Waals surface area contributed by atoms with Crippen molar-refractivity contribution in [3.63, 3.8) is 0 Å². The van der Waals surface area contributed by atoms with E-state index < -0.39 is 0 Å². The molecule has 0 radical (unpaired) electrons. The molecule has 0 aliphatic carbocycles. The predicted octanol–water partition coefficient (Wildman–Crippen LogP) is 1.00. The van der Waals surface area contributed by atoms with E-state index in [4.69, 9.17) is 5.73 Å². The number of hydrogen-bond acceptors (Lipinski definition) is 5. The van der Waals surface area contributed by atoms with E-state index in [0.717, 1.165) is 5.82 Å². The van der Waals surface area contributed by atoms with Crippen molar-refractivity contribution in [1.29, 1.82) is 0 Å². The largest absolute Gasteiger partial charge is 0.382 e. The van der Waals surface area contributed by atoms with Gasteiger partial charge < -0.3 is 10.6 Å². The minimum Gasteiger partial charge on any atom is -0.382 e. The lowest BCUT2D eigenvalue weighted by Gasteiger charge is -2.24. The Morgan fingerprint density at radius 2 is 2.36 bits per heavy atom. The van der Waals surface area contributed by atoms with Crippen LogP contribution < -0.4 is 10.6 Å². The van der Waals surface area contributed by atoms with Gasteiger partial charge in [-0.1, -0.05) is 0 Å². The monoisotopic (exact) mass is 210 g/mol. The molecule has 1 aliphatic rings. The normalized spacial score (nSPS) is 21.1. The smallest absolute Gasteiger partial charge is 0.151 e. The second-order valence-electron chi connectivity index (χ2n) is 3.44. The van der Waals surface area contributed by atoms with Gasteiger partial charge in [0.1, 0.15) is 5.82 Å². The molecule has 14 heavy (non-hydrogen) atoms. The first-order valence-electron chi connectivity index (χ1n) is 4.67. The summed E-state index contributed by atoms with van der Waals surface area (Å²) in [6.07, 6.45) is 1.23. The number of hydrogen-bond donors (Lipinski definition) is 1. The van der Waals surface area contributed by atoms with Crippen LogP contribution in [0, 0.1) is 0 Å². The third-order valence-electron chi connectivity index (χ3n) is 2.49. The van der Waals surface area contributed by atoms with Crippen LogP contribution in [0.25, 0.3) is 0 Å². The molecule has 5 heteroatoms. The van der Waals surface area contributed by atoms with Crippen LogP contribution >= 0.6 is 11.8 Å². The molecule has 2 N–H and O–H groups in total. The molecule has 2 rings (SSSR count). The molecule has 1 saturated heterocycles. The zero-order valence-electron chi connectivity index (χ0n) is 8.18. The number of anilines is 2. The van der Waals surface area contributed by atoms with Crippen molar-refractivity contribution in [2.75, 3.05) is 29.2 Å². The Bertz CT molecular complexity index is 294. The summed E-state index contributed by atoms with van der Waals surface area (Å²) in [5.41, 5.74) is 5.48. The average molecular weight is 210 g/mol. The maximum absolute atomic E-state index is 5.48. The molecular weight excluding hydrogens is 196 g/mol. The first-order valence-corrected chi connectivity index (χ1v) is 5.82. The van der Waals surface area contributed by atoms with Gasteiger partial charge in [0.2, 0.25) is 0 Å². The summed E-state index contributed by atoms with van der Waals surface area (Å²) in [5.74, 6) is 3.81. The predicted molar refractivity (Wildman–Crippen MR) is 60.6 cm³/mol. The number of nitrogen functional groups attached to an aromatic ring is 1. The molecule has 1 atom stereocenters. The Morgan fingerprint density at radius 3 is 2.93 bits per heavy atom. The zero-order valence-corrected chi connectivity index (χ0v) is 9.00. The summed E-state index contributed by atoms with van der Waals surface area (Å²) >= 11 is 1.99. The Morgan fingerprint density at radius 1 is 1.50 bits per heavy atom. The van der Waals surface area contributed by atoms with Crippen LogP contribution in [0.2, 0.25) is 0 Å². The second kappa shape index (κ2) is 4.04. The van der Waals surface area contributed by atoms with Crippen LogP contribution in [-0.2, 0) is 0 Å². The second-order valence-corrected chi connectivity index (χ2v) is 4.59. The molecular formula is C9H14N4S. The Hall–Kier alpha value is -0.970. The molecule has 2 heterocycles. The summed E-state index contributed by atoms with van der Waals surface area (Å²) in [7, 11) is 2.07. The third-order valence-corrected chi connectivity index (χ3v) is 3.63. The Kier molecular flexibility index (Phi) is 2.77. The van der Waals surface area contributed by atoms with Crippen LogP contribution in [0.3, 0.4) is 0 Å². The maximum atomic E-state index is 5.48. The molecule has 1 fully saturated rings. The van der Waals surface area contributed by atoms with Gasteiger partial charge in [0.05, 0.1) is 0 Å². The molecule has 0 spiro atoms. The van der Waals surface area contributed by atoms with Crippen LogP contribution in [0.5, 0.6) is 0 Å². The highest BCUT2D eigenvalue weighted by molar-refractivity contribution is 7.99. The van der Waals surface area contributed by atoms with E-state index in [2.05, 4.69) is 22.1 Å². The lowest BCUT2D eigenvalue weighted by atomic mass is 10.2. The van der Waals surface area contributed by atoms with Gasteiger partial charge in [-0.15, -0.1) is 10.2 Å². The summed E-state index contributed by atoms with van der Waals surface area (Å²) in [5, 5.41) is 7.92. The minimum atomic E-state index is 0.475. The van der Waals surface area contributed by atoms with E-state index in [0.29, 0.717) is 11.9 Å². The van der Waals surface area contributed by atoms with Gasteiger partial charge in [0.15, 0.2) is 5.82 Å². The van der Waals surface area contributed by atoms with Crippen LogP contribution in [-0.4, -0.2) is 34.8 Å². The first kappa shape index (κ1) is 9.58. The third kappa shape index (κ3) is 1.92. The number of aromatic nitrogens is 2. The number of rotatable bonds is 2. The van der Waals surface area contributed by atoms with E-state index in [9.17, 15) is 0 Å². The van der Waals surface area contributed by atoms with Crippen molar-refractivity contribution in [2.24, 2.45) is 0 Å². The van der Waals surface area contributed by atoms with Gasteiger partial charge in [0.25, 0.3) is 0 Å². The number of nitrogens with zero attached hydrogens (tertiary/aromatic N) is 3. The molecule has 0 aromatic carbocycles. The quantitative estimate of drug-likeness (QED) is 0.789. The van der Waals surface area contributed by atoms with Gasteiger partial charge in [0, 0.05) is 18.8 Å². The Labute approximate surface area is 87.9 Å². The van der Waals surface area contributed by atoms with Crippen LogP contribution in [0.1, 0.15) is 6.42 Å². The fraction of sp³-hybridized carbons (Fsp3) is 0.556. The summed E-state index contributed by atoms with van der Waals surface area (Å²) in [6.45, 7) is 0. The highest BCUT2D eigenvalue weighted by atomic mass is 32.2. The highest BCUT2D eigenvalue weighted by Crippen LogP contribution is 2.24. The summed E-state index contributed by atoms with van der Waals surface area (Å²) < 4.78 is 0. The van der Waals surface area contributed by atoms with Crippen LogP contribution in [0.15, 0.2) is 12.1 Å². The van der Waals surface area contributed by atoms with Crippen molar-refractivity contribution < 1.29 is 0 Å². The van der Waals surface area contributed by atoms with Crippen molar-refractivity contribution in [3.05, 3.63) is 12.1 Å². The van der Waals surface area contributed by atoms with Gasteiger partial charge in [-0.2, -0.15) is 11.8 Å². The van der Waals surface area contributed by atoms with E-state index >= 15 is 0 Å². The fourth-order valence-corrected chi connectivity index (χ4v) is 2.81. The fourth-order valence-electron chi connectivity index (χ4n) is 1.54. The van der Waals surface area contributed by atoms with E-state index in [1.54, 1.807) is 6.07 Å². The molecule has 0 saturated carbocycles. The van der Waals surface area contributed by atoms with Crippen molar-refractivity contribution in [1.82, 2.24) is 10.2 Å². The highest BCUT2D eigenvalue weighted by Gasteiger charge is 2.20. The topological polar surface area (TPSA) is 55.0 Å². The standard InChI is InChI=1S/C9H14N4S/c1-13(7-4-5-14-6-7)9-3-2-8(10)11-12-9/h2-3,7H,4-6H2,1H3,(H2,10,11). The average Bonchev–Trinajstić information content (AvgIpc) is 2.71. The Balaban J connectivity index is 2.09. The summed E-state index contributed by atoms with van der Waals surface area (Å²) in [6, 6.07) is 4.31. The van der Waals surface area contributed by atoms with E-state index in [1.807, 2.05) is 17.8 Å². The molecule has 0 bridgehead atoms.